The molecule has 0 bridgehead atoms. The summed E-state index contributed by atoms with van der Waals surface area (Å²) in [6.07, 6.45) is 1.37. The maximum absolute atomic E-state index is 12.3. The normalized spacial score (nSPS) is 13.7. The molecule has 10 heteroatoms. The Balaban J connectivity index is 1.14. The van der Waals surface area contributed by atoms with Crippen molar-refractivity contribution < 1.29 is 19.4 Å². The number of aromatic nitrogens is 1. The van der Waals surface area contributed by atoms with Crippen LogP contribution in [-0.2, 0) is 11.3 Å². The van der Waals surface area contributed by atoms with Crippen LogP contribution >= 0.6 is 11.3 Å². The molecule has 1 fully saturated rings. The SMILES string of the molecule is Cc1ccc(COc2ccc(/C=N/NC(=O)Nc3nc4ccc(N5CCOCC5)cc4s3)c(O)c2)cc1. The van der Waals surface area contributed by atoms with Crippen LogP contribution < -0.4 is 20.4 Å². The Kier molecular flexibility index (Phi) is 7.48. The summed E-state index contributed by atoms with van der Waals surface area (Å²) in [6, 6.07) is 18.5. The van der Waals surface area contributed by atoms with Crippen LogP contribution in [0.25, 0.3) is 10.2 Å². The van der Waals surface area contributed by atoms with Crippen molar-refractivity contribution in [1.29, 1.82) is 0 Å². The van der Waals surface area contributed by atoms with E-state index < -0.39 is 6.03 Å². The second kappa shape index (κ2) is 11.3. The van der Waals surface area contributed by atoms with Gasteiger partial charge in [-0.1, -0.05) is 41.2 Å². The number of amides is 2. The van der Waals surface area contributed by atoms with Gasteiger partial charge in [0, 0.05) is 30.4 Å². The zero-order chi connectivity index (χ0) is 25.6. The number of benzene rings is 3. The highest BCUT2D eigenvalue weighted by Crippen LogP contribution is 2.30. The summed E-state index contributed by atoms with van der Waals surface area (Å²) in [5.41, 5.74) is 7.00. The number of aryl methyl sites for hydroxylation is 1. The smallest absolute Gasteiger partial charge is 0.341 e. The fourth-order valence-electron chi connectivity index (χ4n) is 3.84. The Labute approximate surface area is 218 Å². The minimum atomic E-state index is -0.527. The molecule has 0 unspecified atom stereocenters. The van der Waals surface area contributed by atoms with Gasteiger partial charge in [0.2, 0.25) is 0 Å². The Morgan fingerprint density at radius 1 is 1.16 bits per heavy atom. The van der Waals surface area contributed by atoms with Gasteiger partial charge in [-0.15, -0.1) is 0 Å². The lowest BCUT2D eigenvalue weighted by Crippen LogP contribution is -2.36. The number of hydrazone groups is 1. The van der Waals surface area contributed by atoms with Crippen molar-refractivity contribution in [1.82, 2.24) is 10.4 Å². The van der Waals surface area contributed by atoms with Gasteiger partial charge in [0.15, 0.2) is 5.13 Å². The van der Waals surface area contributed by atoms with Crippen LogP contribution in [0.15, 0.2) is 65.8 Å². The summed E-state index contributed by atoms with van der Waals surface area (Å²) in [4.78, 5) is 19.0. The molecule has 1 aromatic heterocycles. The topological polar surface area (TPSA) is 108 Å². The molecule has 190 valence electrons. The molecule has 1 saturated heterocycles. The first-order chi connectivity index (χ1) is 18.0. The fourth-order valence-corrected chi connectivity index (χ4v) is 4.74. The number of anilines is 2. The lowest BCUT2D eigenvalue weighted by molar-refractivity contribution is 0.122. The van der Waals surface area contributed by atoms with Gasteiger partial charge < -0.3 is 19.5 Å². The van der Waals surface area contributed by atoms with Crippen molar-refractivity contribution in [3.05, 3.63) is 77.4 Å². The summed E-state index contributed by atoms with van der Waals surface area (Å²) in [6.45, 7) is 5.58. The molecule has 37 heavy (non-hydrogen) atoms. The molecule has 0 radical (unpaired) electrons. The number of hydrogen-bond donors (Lipinski definition) is 3. The van der Waals surface area contributed by atoms with Crippen LogP contribution in [0, 0.1) is 6.92 Å². The number of rotatable bonds is 7. The molecule has 3 aromatic carbocycles. The van der Waals surface area contributed by atoms with Gasteiger partial charge in [-0.25, -0.2) is 15.2 Å². The van der Waals surface area contributed by atoms with Crippen LogP contribution in [0.2, 0.25) is 0 Å². The minimum Gasteiger partial charge on any atom is -0.507 e. The third-order valence-electron chi connectivity index (χ3n) is 5.87. The molecular formula is C27H27N5O4S. The van der Waals surface area contributed by atoms with Crippen LogP contribution in [0.1, 0.15) is 16.7 Å². The zero-order valence-electron chi connectivity index (χ0n) is 20.3. The zero-order valence-corrected chi connectivity index (χ0v) is 21.1. The van der Waals surface area contributed by atoms with Crippen molar-refractivity contribution in [2.75, 3.05) is 36.5 Å². The fraction of sp³-hybridized carbons (Fsp3) is 0.222. The average Bonchev–Trinajstić information content (AvgIpc) is 3.31. The number of nitrogens with zero attached hydrogens (tertiary/aromatic N) is 3. The summed E-state index contributed by atoms with van der Waals surface area (Å²) in [7, 11) is 0. The number of ether oxygens (including phenoxy) is 2. The van der Waals surface area contributed by atoms with Gasteiger partial charge in [-0.3, -0.25) is 5.32 Å². The second-order valence-corrected chi connectivity index (χ2v) is 9.62. The lowest BCUT2D eigenvalue weighted by Gasteiger charge is -2.28. The Morgan fingerprint density at radius 2 is 1.97 bits per heavy atom. The highest BCUT2D eigenvalue weighted by Gasteiger charge is 2.13. The summed E-state index contributed by atoms with van der Waals surface area (Å²) in [5, 5.41) is 17.4. The number of hydrogen-bond acceptors (Lipinski definition) is 8. The number of aromatic hydroxyl groups is 1. The highest BCUT2D eigenvalue weighted by molar-refractivity contribution is 7.22. The van der Waals surface area contributed by atoms with Crippen molar-refractivity contribution in [3.8, 4) is 11.5 Å². The molecule has 4 aromatic rings. The largest absolute Gasteiger partial charge is 0.507 e. The Bertz CT molecular complexity index is 1410. The van der Waals surface area contributed by atoms with Crippen LogP contribution in [0.3, 0.4) is 0 Å². The Hall–Kier alpha value is -4.15. The molecule has 9 nitrogen and oxygen atoms in total. The standard InChI is InChI=1S/C27H27N5O4S/c1-18-2-4-19(5-3-18)17-36-22-8-6-20(24(33)15-22)16-28-31-26(34)30-27-29-23-9-7-21(14-25(23)37-27)32-10-12-35-13-11-32/h2-9,14-16,33H,10-13,17H2,1H3,(H2,29,30,31,34)/b28-16+. The van der Waals surface area contributed by atoms with Crippen molar-refractivity contribution >= 4 is 44.6 Å². The minimum absolute atomic E-state index is 0.00499. The predicted molar refractivity (Wildman–Crippen MR) is 146 cm³/mol. The molecular weight excluding hydrogens is 490 g/mol. The van der Waals surface area contributed by atoms with Crippen LogP contribution in [-0.4, -0.2) is 48.6 Å². The van der Waals surface area contributed by atoms with E-state index in [1.807, 2.05) is 43.3 Å². The van der Waals surface area contributed by atoms with Crippen molar-refractivity contribution in [2.45, 2.75) is 13.5 Å². The molecule has 0 atom stereocenters. The molecule has 2 heterocycles. The average molecular weight is 518 g/mol. The van der Waals surface area contributed by atoms with Crippen molar-refractivity contribution in [2.24, 2.45) is 5.10 Å². The van der Waals surface area contributed by atoms with Gasteiger partial charge in [-0.05, 0) is 42.8 Å². The molecule has 0 saturated carbocycles. The molecule has 1 aliphatic rings. The van der Waals surface area contributed by atoms with E-state index in [2.05, 4.69) is 31.8 Å². The van der Waals surface area contributed by atoms with E-state index >= 15 is 0 Å². The maximum atomic E-state index is 12.3. The van der Waals surface area contributed by atoms with Gasteiger partial charge in [0.25, 0.3) is 0 Å². The third-order valence-corrected chi connectivity index (χ3v) is 6.80. The second-order valence-electron chi connectivity index (χ2n) is 8.59. The number of nitrogens with one attached hydrogen (secondary N) is 2. The number of phenols is 1. The number of thiazole rings is 1. The van der Waals surface area contributed by atoms with E-state index in [0.717, 1.165) is 47.8 Å². The molecule has 5 rings (SSSR count). The van der Waals surface area contributed by atoms with Gasteiger partial charge in [0.05, 0.1) is 29.6 Å². The highest BCUT2D eigenvalue weighted by atomic mass is 32.1. The van der Waals surface area contributed by atoms with E-state index in [-0.39, 0.29) is 5.75 Å². The van der Waals surface area contributed by atoms with E-state index in [1.54, 1.807) is 12.1 Å². The Morgan fingerprint density at radius 3 is 2.76 bits per heavy atom. The first-order valence-electron chi connectivity index (χ1n) is 11.9. The van der Waals surface area contributed by atoms with Crippen molar-refractivity contribution in [3.63, 3.8) is 0 Å². The number of carbonyl (C=O) groups is 1. The number of carbonyl (C=O) groups excluding carboxylic acids is 1. The molecule has 3 N–H and O–H groups in total. The molecule has 0 spiro atoms. The summed E-state index contributed by atoms with van der Waals surface area (Å²) < 4.78 is 12.1. The predicted octanol–water partition coefficient (Wildman–Crippen LogP) is 4.88. The number of phenolic OH excluding ortho intramolecular Hbond substituents is 1. The summed E-state index contributed by atoms with van der Waals surface area (Å²) >= 11 is 1.39. The van der Waals surface area contributed by atoms with Gasteiger partial charge in [-0.2, -0.15) is 5.10 Å². The maximum Gasteiger partial charge on any atom is 0.341 e. The van der Waals surface area contributed by atoms with Gasteiger partial charge >= 0.3 is 6.03 Å². The number of urea groups is 1. The third kappa shape index (κ3) is 6.35. The number of morpholine rings is 1. The first-order valence-corrected chi connectivity index (χ1v) is 12.7. The number of fused-ring (bicyclic) bond motifs is 1. The first kappa shape index (κ1) is 24.5. The molecule has 0 aliphatic carbocycles. The van der Waals surface area contributed by atoms with E-state index in [9.17, 15) is 9.90 Å². The quantitative estimate of drug-likeness (QED) is 0.238. The molecule has 1 aliphatic heterocycles. The summed E-state index contributed by atoms with van der Waals surface area (Å²) in [5.74, 6) is 0.531. The van der Waals surface area contributed by atoms with E-state index in [0.29, 0.717) is 23.1 Å². The van der Waals surface area contributed by atoms with Crippen LogP contribution in [0.5, 0.6) is 11.5 Å². The molecule has 2 amide bonds. The van der Waals surface area contributed by atoms with Crippen LogP contribution in [0.4, 0.5) is 15.6 Å². The van der Waals surface area contributed by atoms with Gasteiger partial charge in [0.1, 0.15) is 18.1 Å². The van der Waals surface area contributed by atoms with E-state index in [4.69, 9.17) is 9.47 Å². The monoisotopic (exact) mass is 517 g/mol. The lowest BCUT2D eigenvalue weighted by atomic mass is 10.2. The van der Waals surface area contributed by atoms with E-state index in [1.165, 1.54) is 29.2 Å².